The van der Waals surface area contributed by atoms with E-state index in [2.05, 4.69) is 42.5 Å². The van der Waals surface area contributed by atoms with Crippen LogP contribution in [0.2, 0.25) is 0 Å². The van der Waals surface area contributed by atoms with Crippen LogP contribution in [-0.4, -0.2) is 14.8 Å². The first-order valence-electron chi connectivity index (χ1n) is 6.82. The molecule has 2 heterocycles. The molecular formula is C15H18N4S. The van der Waals surface area contributed by atoms with Crippen molar-refractivity contribution in [2.24, 2.45) is 7.05 Å². The van der Waals surface area contributed by atoms with Crippen molar-refractivity contribution < 1.29 is 0 Å². The number of rotatable bonds is 4. The molecule has 1 N–H and O–H groups in total. The average molecular weight is 286 g/mol. The molecular weight excluding hydrogens is 268 g/mol. The minimum Gasteiger partial charge on any atom is -0.373 e. The second kappa shape index (κ2) is 5.25. The Kier molecular flexibility index (Phi) is 3.44. The van der Waals surface area contributed by atoms with Crippen LogP contribution in [0.3, 0.4) is 0 Å². The summed E-state index contributed by atoms with van der Waals surface area (Å²) >= 11 is 1.74. The van der Waals surface area contributed by atoms with Crippen LogP contribution in [0.1, 0.15) is 30.6 Å². The number of aromatic nitrogens is 3. The summed E-state index contributed by atoms with van der Waals surface area (Å²) in [6.07, 6.45) is 2.96. The summed E-state index contributed by atoms with van der Waals surface area (Å²) in [6.45, 7) is 4.26. The standard InChI is InChI=1S/C15H18N4S/c1-4-11-13(9-19(3)18-11)16-10(2)15-17-12-7-5-6-8-14(12)20-15/h5-10,16H,4H2,1-3H3. The highest BCUT2D eigenvalue weighted by atomic mass is 32.1. The van der Waals surface area contributed by atoms with Crippen LogP contribution in [0.4, 0.5) is 5.69 Å². The van der Waals surface area contributed by atoms with E-state index >= 15 is 0 Å². The summed E-state index contributed by atoms with van der Waals surface area (Å²) in [5.41, 5.74) is 3.27. The molecule has 104 valence electrons. The quantitative estimate of drug-likeness (QED) is 0.794. The molecule has 0 saturated carbocycles. The maximum absolute atomic E-state index is 4.70. The van der Waals surface area contributed by atoms with Crippen molar-refractivity contribution in [3.63, 3.8) is 0 Å². The number of hydrogen-bond acceptors (Lipinski definition) is 4. The first kappa shape index (κ1) is 13.1. The third-order valence-electron chi connectivity index (χ3n) is 3.29. The van der Waals surface area contributed by atoms with Crippen molar-refractivity contribution in [1.29, 1.82) is 0 Å². The van der Waals surface area contributed by atoms with E-state index in [0.29, 0.717) is 0 Å². The number of para-hydroxylation sites is 1. The van der Waals surface area contributed by atoms with E-state index < -0.39 is 0 Å². The molecule has 1 unspecified atom stereocenters. The van der Waals surface area contributed by atoms with Gasteiger partial charge in [-0.1, -0.05) is 19.1 Å². The first-order chi connectivity index (χ1) is 9.67. The first-order valence-corrected chi connectivity index (χ1v) is 7.63. The fraction of sp³-hybridized carbons (Fsp3) is 0.333. The Bertz CT molecular complexity index is 695. The van der Waals surface area contributed by atoms with Crippen LogP contribution in [0, 0.1) is 0 Å². The van der Waals surface area contributed by atoms with Crippen LogP contribution in [0.25, 0.3) is 10.2 Å². The van der Waals surface area contributed by atoms with Gasteiger partial charge in [-0.05, 0) is 25.5 Å². The van der Waals surface area contributed by atoms with Gasteiger partial charge >= 0.3 is 0 Å². The molecule has 3 aromatic rings. The van der Waals surface area contributed by atoms with Gasteiger partial charge in [-0.25, -0.2) is 4.98 Å². The molecule has 0 aliphatic heterocycles. The molecule has 2 aromatic heterocycles. The molecule has 3 rings (SSSR count). The summed E-state index contributed by atoms with van der Waals surface area (Å²) < 4.78 is 3.09. The Hall–Kier alpha value is -1.88. The minimum atomic E-state index is 0.182. The van der Waals surface area contributed by atoms with E-state index in [1.54, 1.807) is 11.3 Å². The third kappa shape index (κ3) is 2.41. The van der Waals surface area contributed by atoms with E-state index in [-0.39, 0.29) is 6.04 Å². The molecule has 0 aliphatic rings. The van der Waals surface area contributed by atoms with Gasteiger partial charge in [-0.3, -0.25) is 4.68 Å². The van der Waals surface area contributed by atoms with Crippen molar-refractivity contribution in [2.45, 2.75) is 26.3 Å². The predicted octanol–water partition coefficient (Wildman–Crippen LogP) is 3.77. The second-order valence-corrected chi connectivity index (χ2v) is 5.96. The lowest BCUT2D eigenvalue weighted by Gasteiger charge is -2.11. The number of thiazole rings is 1. The fourth-order valence-electron chi connectivity index (χ4n) is 2.29. The van der Waals surface area contributed by atoms with Gasteiger partial charge in [0.05, 0.1) is 27.6 Å². The molecule has 1 atom stereocenters. The molecule has 0 spiro atoms. The van der Waals surface area contributed by atoms with Crippen LogP contribution in [-0.2, 0) is 13.5 Å². The van der Waals surface area contributed by atoms with Gasteiger partial charge in [0.25, 0.3) is 0 Å². The van der Waals surface area contributed by atoms with Gasteiger partial charge < -0.3 is 5.32 Å². The van der Waals surface area contributed by atoms with Crippen molar-refractivity contribution in [2.75, 3.05) is 5.32 Å². The summed E-state index contributed by atoms with van der Waals surface area (Å²) in [6, 6.07) is 8.44. The highest BCUT2D eigenvalue weighted by Crippen LogP contribution is 2.29. The second-order valence-electron chi connectivity index (χ2n) is 4.90. The van der Waals surface area contributed by atoms with Crippen molar-refractivity contribution in [1.82, 2.24) is 14.8 Å². The zero-order valence-electron chi connectivity index (χ0n) is 11.9. The Morgan fingerprint density at radius 1 is 1.35 bits per heavy atom. The number of nitrogens with zero attached hydrogens (tertiary/aromatic N) is 3. The van der Waals surface area contributed by atoms with E-state index in [4.69, 9.17) is 4.98 Å². The molecule has 0 saturated heterocycles. The van der Waals surface area contributed by atoms with Gasteiger partial charge in [0.15, 0.2) is 0 Å². The number of hydrogen-bond donors (Lipinski definition) is 1. The van der Waals surface area contributed by atoms with E-state index in [1.165, 1.54) is 4.70 Å². The highest BCUT2D eigenvalue weighted by molar-refractivity contribution is 7.18. The number of fused-ring (bicyclic) bond motifs is 1. The zero-order chi connectivity index (χ0) is 14.1. The topological polar surface area (TPSA) is 42.7 Å². The Morgan fingerprint density at radius 2 is 2.15 bits per heavy atom. The van der Waals surface area contributed by atoms with Crippen LogP contribution >= 0.6 is 11.3 Å². The summed E-state index contributed by atoms with van der Waals surface area (Å²) in [4.78, 5) is 4.70. The monoisotopic (exact) mass is 286 g/mol. The number of nitrogens with one attached hydrogen (secondary N) is 1. The maximum atomic E-state index is 4.70. The average Bonchev–Trinajstić information content (AvgIpc) is 3.01. The minimum absolute atomic E-state index is 0.182. The zero-order valence-corrected chi connectivity index (χ0v) is 12.7. The van der Waals surface area contributed by atoms with E-state index in [1.807, 2.05) is 24.0 Å². The molecule has 20 heavy (non-hydrogen) atoms. The lowest BCUT2D eigenvalue weighted by Crippen LogP contribution is -2.07. The van der Waals surface area contributed by atoms with Crippen molar-refractivity contribution in [3.05, 3.63) is 41.2 Å². The molecule has 0 radical (unpaired) electrons. The van der Waals surface area contributed by atoms with Gasteiger partial charge in [-0.2, -0.15) is 5.10 Å². The molecule has 0 fully saturated rings. The SMILES string of the molecule is CCc1nn(C)cc1NC(C)c1nc2ccccc2s1. The molecule has 5 heteroatoms. The molecule has 0 aliphatic carbocycles. The Morgan fingerprint density at radius 3 is 2.90 bits per heavy atom. The predicted molar refractivity (Wildman–Crippen MR) is 84.2 cm³/mol. The molecule has 0 amide bonds. The Balaban J connectivity index is 1.86. The van der Waals surface area contributed by atoms with Gasteiger partial charge in [0.1, 0.15) is 5.01 Å². The van der Waals surface area contributed by atoms with Gasteiger partial charge in [-0.15, -0.1) is 11.3 Å². The number of aryl methyl sites for hydroxylation is 2. The van der Waals surface area contributed by atoms with Gasteiger partial charge in [0, 0.05) is 13.2 Å². The summed E-state index contributed by atoms with van der Waals surface area (Å²) in [5, 5.41) is 9.09. The van der Waals surface area contributed by atoms with E-state index in [0.717, 1.165) is 28.3 Å². The molecule has 1 aromatic carbocycles. The lowest BCUT2D eigenvalue weighted by molar-refractivity contribution is 0.746. The van der Waals surface area contributed by atoms with Crippen LogP contribution < -0.4 is 5.32 Å². The molecule has 4 nitrogen and oxygen atoms in total. The van der Waals surface area contributed by atoms with Crippen molar-refractivity contribution >= 4 is 27.2 Å². The molecule has 0 bridgehead atoms. The third-order valence-corrected chi connectivity index (χ3v) is 4.51. The lowest BCUT2D eigenvalue weighted by atomic mass is 10.2. The fourth-order valence-corrected chi connectivity index (χ4v) is 3.26. The highest BCUT2D eigenvalue weighted by Gasteiger charge is 2.14. The number of benzene rings is 1. The van der Waals surface area contributed by atoms with Gasteiger partial charge in [0.2, 0.25) is 0 Å². The van der Waals surface area contributed by atoms with Crippen LogP contribution in [0.15, 0.2) is 30.5 Å². The largest absolute Gasteiger partial charge is 0.373 e. The van der Waals surface area contributed by atoms with Crippen molar-refractivity contribution in [3.8, 4) is 0 Å². The normalized spacial score (nSPS) is 12.8. The smallest absolute Gasteiger partial charge is 0.116 e. The number of anilines is 1. The maximum Gasteiger partial charge on any atom is 0.116 e. The summed E-state index contributed by atoms with van der Waals surface area (Å²) in [7, 11) is 1.95. The Labute approximate surface area is 122 Å². The van der Waals surface area contributed by atoms with E-state index in [9.17, 15) is 0 Å². The van der Waals surface area contributed by atoms with Crippen LogP contribution in [0.5, 0.6) is 0 Å². The summed E-state index contributed by atoms with van der Waals surface area (Å²) in [5.74, 6) is 0.